The number of piperazine rings is 1. The standard InChI is InChI=1S/C26H30FN7O2/c1-16(2)34-15-22-23(25(34)36)29-26(33-9-7-32(8-10-33)17(3)35)30-24(22)31(4)14-21-12-19-11-20(27)6-5-18(19)13-28-21/h5-6,11-13,16H,7-10,14-15H2,1-4H3. The van der Waals surface area contributed by atoms with E-state index in [2.05, 4.69) is 4.98 Å². The molecule has 0 unspecified atom stereocenters. The number of hydrogen-bond acceptors (Lipinski definition) is 7. The van der Waals surface area contributed by atoms with E-state index in [-0.39, 0.29) is 23.7 Å². The van der Waals surface area contributed by atoms with Crippen molar-refractivity contribution in [2.75, 3.05) is 43.0 Å². The van der Waals surface area contributed by atoms with E-state index in [9.17, 15) is 14.0 Å². The zero-order chi connectivity index (χ0) is 25.6. The van der Waals surface area contributed by atoms with Gasteiger partial charge in [0, 0.05) is 63.3 Å². The van der Waals surface area contributed by atoms with Crippen LogP contribution < -0.4 is 9.80 Å². The first-order valence-corrected chi connectivity index (χ1v) is 12.2. The fourth-order valence-electron chi connectivity index (χ4n) is 4.82. The van der Waals surface area contributed by atoms with E-state index in [1.54, 1.807) is 29.0 Å². The Balaban J connectivity index is 1.48. The molecule has 2 amide bonds. The van der Waals surface area contributed by atoms with Gasteiger partial charge in [-0.2, -0.15) is 4.98 Å². The van der Waals surface area contributed by atoms with Crippen molar-refractivity contribution in [3.8, 4) is 0 Å². The molecule has 1 aromatic carbocycles. The third-order valence-corrected chi connectivity index (χ3v) is 6.90. The summed E-state index contributed by atoms with van der Waals surface area (Å²) >= 11 is 0. The minimum absolute atomic E-state index is 0.0319. The number of aromatic nitrogens is 3. The van der Waals surface area contributed by atoms with Gasteiger partial charge >= 0.3 is 0 Å². The van der Waals surface area contributed by atoms with Crippen molar-refractivity contribution in [2.24, 2.45) is 0 Å². The first-order valence-electron chi connectivity index (χ1n) is 12.2. The summed E-state index contributed by atoms with van der Waals surface area (Å²) in [6.07, 6.45) is 1.74. The van der Waals surface area contributed by atoms with Crippen molar-refractivity contribution in [3.63, 3.8) is 0 Å². The van der Waals surface area contributed by atoms with Gasteiger partial charge in [-0.05, 0) is 43.5 Å². The minimum Gasteiger partial charge on any atom is -0.353 e. The molecular weight excluding hydrogens is 461 g/mol. The van der Waals surface area contributed by atoms with Gasteiger partial charge in [-0.1, -0.05) is 0 Å². The molecule has 10 heteroatoms. The Labute approximate surface area is 209 Å². The molecule has 0 atom stereocenters. The smallest absolute Gasteiger partial charge is 0.273 e. The summed E-state index contributed by atoms with van der Waals surface area (Å²) in [5.74, 6) is 0.840. The summed E-state index contributed by atoms with van der Waals surface area (Å²) < 4.78 is 13.8. The number of amides is 2. The number of fused-ring (bicyclic) bond motifs is 2. The fraction of sp³-hybridized carbons (Fsp3) is 0.423. The molecular formula is C26H30FN7O2. The molecule has 0 bridgehead atoms. The van der Waals surface area contributed by atoms with Crippen LogP contribution in [0.2, 0.25) is 0 Å². The summed E-state index contributed by atoms with van der Waals surface area (Å²) in [4.78, 5) is 46.7. The van der Waals surface area contributed by atoms with Crippen molar-refractivity contribution in [1.82, 2.24) is 24.8 Å². The van der Waals surface area contributed by atoms with Crippen molar-refractivity contribution in [2.45, 2.75) is 39.9 Å². The summed E-state index contributed by atoms with van der Waals surface area (Å²) in [6.45, 7) is 8.80. The average molecular weight is 492 g/mol. The molecule has 9 nitrogen and oxygen atoms in total. The molecule has 1 saturated heterocycles. The van der Waals surface area contributed by atoms with E-state index in [1.165, 1.54) is 12.1 Å². The lowest BCUT2D eigenvalue weighted by Gasteiger charge is -2.34. The molecule has 0 N–H and O–H groups in total. The average Bonchev–Trinajstić information content (AvgIpc) is 3.20. The van der Waals surface area contributed by atoms with Crippen LogP contribution in [0.25, 0.3) is 10.8 Å². The van der Waals surface area contributed by atoms with Gasteiger partial charge in [-0.15, -0.1) is 0 Å². The normalized spacial score (nSPS) is 15.7. The minimum atomic E-state index is -0.288. The second-order valence-electron chi connectivity index (χ2n) is 9.72. The molecule has 36 heavy (non-hydrogen) atoms. The lowest BCUT2D eigenvalue weighted by atomic mass is 10.1. The number of benzene rings is 1. The van der Waals surface area contributed by atoms with Crippen LogP contribution in [0, 0.1) is 5.82 Å². The third kappa shape index (κ3) is 4.43. The number of halogens is 1. The van der Waals surface area contributed by atoms with Gasteiger partial charge in [0.15, 0.2) is 0 Å². The molecule has 2 aliphatic heterocycles. The van der Waals surface area contributed by atoms with Crippen LogP contribution in [0.1, 0.15) is 42.5 Å². The molecule has 0 spiro atoms. The highest BCUT2D eigenvalue weighted by Crippen LogP contribution is 2.33. The van der Waals surface area contributed by atoms with Gasteiger partial charge in [0.05, 0.1) is 18.8 Å². The predicted octanol–water partition coefficient (Wildman–Crippen LogP) is 2.83. The Morgan fingerprint density at radius 2 is 1.86 bits per heavy atom. The number of rotatable bonds is 5. The van der Waals surface area contributed by atoms with E-state index >= 15 is 0 Å². The SMILES string of the molecule is CC(=O)N1CCN(c2nc3c(c(N(C)Cc4cc5cc(F)ccc5cn4)n2)CN(C(C)C)C3=O)CC1. The lowest BCUT2D eigenvalue weighted by molar-refractivity contribution is -0.129. The van der Waals surface area contributed by atoms with Gasteiger partial charge in [-0.3, -0.25) is 14.6 Å². The summed E-state index contributed by atoms with van der Waals surface area (Å²) in [5.41, 5.74) is 2.00. The molecule has 188 valence electrons. The molecule has 3 aromatic rings. The number of nitrogens with zero attached hydrogens (tertiary/aromatic N) is 7. The molecule has 4 heterocycles. The van der Waals surface area contributed by atoms with E-state index in [4.69, 9.17) is 9.97 Å². The molecule has 5 rings (SSSR count). The zero-order valence-electron chi connectivity index (χ0n) is 21.0. The van der Waals surface area contributed by atoms with E-state index in [1.807, 2.05) is 36.8 Å². The van der Waals surface area contributed by atoms with Crippen molar-refractivity contribution in [1.29, 1.82) is 0 Å². The van der Waals surface area contributed by atoms with Crippen molar-refractivity contribution in [3.05, 3.63) is 53.2 Å². The number of carbonyl (C=O) groups is 2. The molecule has 2 aliphatic rings. The Kier molecular flexibility index (Phi) is 6.19. The fourth-order valence-corrected chi connectivity index (χ4v) is 4.82. The maximum atomic E-state index is 13.8. The first kappa shape index (κ1) is 23.9. The van der Waals surface area contributed by atoms with Crippen LogP contribution in [-0.4, -0.2) is 75.8 Å². The Bertz CT molecular complexity index is 1340. The van der Waals surface area contributed by atoms with E-state index < -0.39 is 0 Å². The maximum Gasteiger partial charge on any atom is 0.273 e. The Morgan fingerprint density at radius 1 is 1.11 bits per heavy atom. The zero-order valence-corrected chi connectivity index (χ0v) is 21.0. The Morgan fingerprint density at radius 3 is 2.56 bits per heavy atom. The highest BCUT2D eigenvalue weighted by Gasteiger charge is 2.36. The van der Waals surface area contributed by atoms with Crippen LogP contribution in [0.5, 0.6) is 0 Å². The van der Waals surface area contributed by atoms with Crippen LogP contribution in [0.4, 0.5) is 16.2 Å². The lowest BCUT2D eigenvalue weighted by Crippen LogP contribution is -2.48. The Hall–Kier alpha value is -3.82. The van der Waals surface area contributed by atoms with Gasteiger partial charge in [0.25, 0.3) is 5.91 Å². The van der Waals surface area contributed by atoms with E-state index in [0.717, 1.165) is 22.0 Å². The number of carbonyl (C=O) groups excluding carboxylic acids is 2. The molecule has 0 saturated carbocycles. The predicted molar refractivity (Wildman–Crippen MR) is 135 cm³/mol. The highest BCUT2D eigenvalue weighted by atomic mass is 19.1. The molecule has 0 aliphatic carbocycles. The van der Waals surface area contributed by atoms with Gasteiger partial charge in [0.2, 0.25) is 11.9 Å². The third-order valence-electron chi connectivity index (χ3n) is 6.90. The first-order chi connectivity index (χ1) is 17.2. The molecule has 0 radical (unpaired) electrons. The quantitative estimate of drug-likeness (QED) is 0.543. The number of hydrogen-bond donors (Lipinski definition) is 0. The monoisotopic (exact) mass is 491 g/mol. The van der Waals surface area contributed by atoms with Gasteiger partial charge < -0.3 is 19.6 Å². The van der Waals surface area contributed by atoms with Crippen LogP contribution in [-0.2, 0) is 17.9 Å². The second-order valence-corrected chi connectivity index (χ2v) is 9.72. The summed E-state index contributed by atoms with van der Waals surface area (Å²) in [7, 11) is 1.92. The molecule has 1 fully saturated rings. The maximum absolute atomic E-state index is 13.8. The van der Waals surface area contributed by atoms with Gasteiger partial charge in [0.1, 0.15) is 17.3 Å². The largest absolute Gasteiger partial charge is 0.353 e. The second kappa shape index (κ2) is 9.33. The van der Waals surface area contributed by atoms with Gasteiger partial charge in [-0.25, -0.2) is 9.37 Å². The molecule has 2 aromatic heterocycles. The summed E-state index contributed by atoms with van der Waals surface area (Å²) in [6, 6.07) is 6.55. The topological polar surface area (TPSA) is 85.8 Å². The van der Waals surface area contributed by atoms with Crippen LogP contribution >= 0.6 is 0 Å². The van der Waals surface area contributed by atoms with E-state index in [0.29, 0.717) is 56.7 Å². The summed E-state index contributed by atoms with van der Waals surface area (Å²) in [5, 5.41) is 1.66. The number of anilines is 2. The number of pyridine rings is 1. The van der Waals surface area contributed by atoms with Crippen molar-refractivity contribution >= 4 is 34.4 Å². The van der Waals surface area contributed by atoms with Crippen molar-refractivity contribution < 1.29 is 14.0 Å². The highest BCUT2D eigenvalue weighted by molar-refractivity contribution is 5.98. The van der Waals surface area contributed by atoms with Crippen LogP contribution in [0.3, 0.4) is 0 Å². The van der Waals surface area contributed by atoms with Crippen LogP contribution in [0.15, 0.2) is 30.5 Å².